The number of nitrogens with one attached hydrogen (secondary N) is 1. The molecule has 0 aliphatic carbocycles. The number of hydrogen-bond donors (Lipinski definition) is 1. The number of carboxylic acid groups (broad SMARTS) is 1. The first-order valence-electron chi connectivity index (χ1n) is 8.69. The van der Waals surface area contributed by atoms with Crippen LogP contribution in [-0.2, 0) is 16.2 Å². The van der Waals surface area contributed by atoms with E-state index in [1.54, 1.807) is 25.3 Å². The van der Waals surface area contributed by atoms with Crippen molar-refractivity contribution >= 4 is 35.0 Å². The van der Waals surface area contributed by atoms with Gasteiger partial charge in [0, 0.05) is 18.0 Å². The number of benzene rings is 2. The Balaban J connectivity index is 1.73. The molecule has 1 saturated heterocycles. The van der Waals surface area contributed by atoms with E-state index in [-0.39, 0.29) is 11.6 Å². The fraction of sp³-hybridized carbons (Fsp3) is 0.200. The molecule has 0 unspecified atom stereocenters. The van der Waals surface area contributed by atoms with Crippen molar-refractivity contribution in [2.75, 3.05) is 7.11 Å². The van der Waals surface area contributed by atoms with E-state index in [0.29, 0.717) is 23.7 Å². The highest BCUT2D eigenvalue weighted by Crippen LogP contribution is 2.31. The van der Waals surface area contributed by atoms with E-state index in [2.05, 4.69) is 15.5 Å². The van der Waals surface area contributed by atoms with Crippen molar-refractivity contribution in [1.29, 1.82) is 0 Å². The van der Waals surface area contributed by atoms with Crippen molar-refractivity contribution in [2.24, 2.45) is 10.2 Å². The van der Waals surface area contributed by atoms with Crippen LogP contribution in [0.2, 0.25) is 0 Å². The molecule has 150 valence electrons. The Morgan fingerprint density at radius 1 is 1.24 bits per heavy atom. The number of aliphatic carboxylic acids is 1. The lowest BCUT2D eigenvalue weighted by Gasteiger charge is -2.13. The Bertz CT molecular complexity index is 946. The lowest BCUT2D eigenvalue weighted by molar-refractivity contribution is -0.305. The molecule has 0 bridgehead atoms. The Morgan fingerprint density at radius 2 is 2.03 bits per heavy atom. The number of amides is 1. The van der Waals surface area contributed by atoms with E-state index in [1.807, 2.05) is 30.3 Å². The van der Waals surface area contributed by atoms with Crippen LogP contribution in [0.5, 0.6) is 11.5 Å². The number of hydrogen-bond acceptors (Lipinski definition) is 8. The van der Waals surface area contributed by atoms with Gasteiger partial charge in [-0.15, -0.1) is 5.10 Å². The zero-order chi connectivity index (χ0) is 20.6. The molecule has 0 aromatic heterocycles. The highest BCUT2D eigenvalue weighted by molar-refractivity contribution is 8.15. The first-order chi connectivity index (χ1) is 14.1. The SMILES string of the molecule is COc1cccc(/C=N\N=C2/NC(=O)[C@@H](CC(=O)[O-])S2)c1OCc1ccccc1. The van der Waals surface area contributed by atoms with Crippen molar-refractivity contribution in [3.05, 3.63) is 59.7 Å². The van der Waals surface area contributed by atoms with Crippen LogP contribution < -0.4 is 19.9 Å². The van der Waals surface area contributed by atoms with Gasteiger partial charge in [-0.05, 0) is 17.7 Å². The van der Waals surface area contributed by atoms with Gasteiger partial charge in [-0.2, -0.15) is 5.10 Å². The highest BCUT2D eigenvalue weighted by atomic mass is 32.2. The van der Waals surface area contributed by atoms with Crippen molar-refractivity contribution in [2.45, 2.75) is 18.3 Å². The van der Waals surface area contributed by atoms with Gasteiger partial charge in [0.15, 0.2) is 16.7 Å². The maximum absolute atomic E-state index is 11.7. The summed E-state index contributed by atoms with van der Waals surface area (Å²) < 4.78 is 11.3. The van der Waals surface area contributed by atoms with Crippen LogP contribution in [0.4, 0.5) is 0 Å². The van der Waals surface area contributed by atoms with Gasteiger partial charge in [-0.25, -0.2) is 0 Å². The maximum Gasteiger partial charge on any atom is 0.239 e. The number of carbonyl (C=O) groups excluding carboxylic acids is 2. The van der Waals surface area contributed by atoms with Crippen LogP contribution >= 0.6 is 11.8 Å². The van der Waals surface area contributed by atoms with Crippen LogP contribution in [0.15, 0.2) is 58.7 Å². The van der Waals surface area contributed by atoms with Gasteiger partial charge in [-0.3, -0.25) is 4.79 Å². The summed E-state index contributed by atoms with van der Waals surface area (Å²) in [6, 6.07) is 15.1. The van der Waals surface area contributed by atoms with E-state index < -0.39 is 17.1 Å². The largest absolute Gasteiger partial charge is 0.550 e. The summed E-state index contributed by atoms with van der Waals surface area (Å²) in [6.07, 6.45) is 1.10. The quantitative estimate of drug-likeness (QED) is 0.517. The standard InChI is InChI=1S/C20H19N3O5S/c1-27-15-9-5-8-14(18(15)28-12-13-6-3-2-4-7-13)11-21-23-20-22-19(26)16(29-20)10-17(24)25/h2-9,11,16H,10,12H2,1H3,(H,24,25)(H,22,23,26)/p-1/b21-11-/t16-/m1/s1. The van der Waals surface area contributed by atoms with E-state index in [0.717, 1.165) is 17.3 Å². The summed E-state index contributed by atoms with van der Waals surface area (Å²) in [6.45, 7) is 0.355. The lowest BCUT2D eigenvalue weighted by atomic mass is 10.2. The Kier molecular flexibility index (Phi) is 6.85. The fourth-order valence-corrected chi connectivity index (χ4v) is 3.47. The predicted molar refractivity (Wildman–Crippen MR) is 108 cm³/mol. The minimum Gasteiger partial charge on any atom is -0.550 e. The van der Waals surface area contributed by atoms with Crippen LogP contribution in [0.25, 0.3) is 0 Å². The smallest absolute Gasteiger partial charge is 0.239 e. The van der Waals surface area contributed by atoms with Gasteiger partial charge in [0.05, 0.1) is 18.6 Å². The molecule has 1 heterocycles. The highest BCUT2D eigenvalue weighted by Gasteiger charge is 2.30. The normalized spacial score (nSPS) is 17.5. The van der Waals surface area contributed by atoms with Crippen LogP contribution in [0.1, 0.15) is 17.5 Å². The maximum atomic E-state index is 11.7. The average Bonchev–Trinajstić information content (AvgIpc) is 3.06. The molecule has 1 amide bonds. The summed E-state index contributed by atoms with van der Waals surface area (Å²) in [7, 11) is 1.55. The monoisotopic (exact) mass is 412 g/mol. The molecule has 1 aliphatic rings. The number of rotatable bonds is 8. The lowest BCUT2D eigenvalue weighted by Crippen LogP contribution is -2.31. The number of thioether (sulfide) groups is 1. The van der Waals surface area contributed by atoms with Crippen molar-refractivity contribution in [1.82, 2.24) is 5.32 Å². The summed E-state index contributed by atoms with van der Waals surface area (Å²) >= 11 is 1.00. The third kappa shape index (κ3) is 5.58. The molecule has 8 nitrogen and oxygen atoms in total. The molecule has 3 rings (SSSR count). The first kappa shape index (κ1) is 20.4. The zero-order valence-electron chi connectivity index (χ0n) is 15.5. The molecule has 0 saturated carbocycles. The second kappa shape index (κ2) is 9.74. The molecular weight excluding hydrogens is 394 g/mol. The number of methoxy groups -OCH3 is 1. The topological polar surface area (TPSA) is 112 Å². The predicted octanol–water partition coefficient (Wildman–Crippen LogP) is 1.34. The number of amidine groups is 1. The second-order valence-electron chi connectivity index (χ2n) is 5.97. The number of carbonyl (C=O) groups is 2. The molecule has 1 atom stereocenters. The van der Waals surface area contributed by atoms with Crippen molar-refractivity contribution < 1.29 is 24.2 Å². The number of ether oxygens (including phenoxy) is 2. The van der Waals surface area contributed by atoms with Crippen molar-refractivity contribution in [3.8, 4) is 11.5 Å². The number of nitrogens with zero attached hydrogens (tertiary/aromatic N) is 2. The second-order valence-corrected chi connectivity index (χ2v) is 7.17. The van der Waals surface area contributed by atoms with Crippen molar-refractivity contribution in [3.63, 3.8) is 0 Å². The molecule has 2 aromatic carbocycles. The molecule has 2 aromatic rings. The Hall–Kier alpha value is -3.33. The molecule has 1 fully saturated rings. The molecule has 0 radical (unpaired) electrons. The number of carboxylic acids is 1. The van der Waals surface area contributed by atoms with Gasteiger partial charge in [0.25, 0.3) is 0 Å². The Labute approximate surface area is 171 Å². The van der Waals surface area contributed by atoms with E-state index in [1.165, 1.54) is 6.21 Å². The molecule has 1 aliphatic heterocycles. The summed E-state index contributed by atoms with van der Waals surface area (Å²) in [5.41, 5.74) is 1.65. The van der Waals surface area contributed by atoms with Gasteiger partial charge >= 0.3 is 0 Å². The fourth-order valence-electron chi connectivity index (χ4n) is 2.56. The average molecular weight is 412 g/mol. The molecule has 0 spiro atoms. The third-order valence-electron chi connectivity index (χ3n) is 3.93. The minimum absolute atomic E-state index is 0.229. The van der Waals surface area contributed by atoms with E-state index >= 15 is 0 Å². The van der Waals surface area contributed by atoms with Crippen LogP contribution in [-0.4, -0.2) is 35.6 Å². The first-order valence-corrected chi connectivity index (χ1v) is 9.57. The van der Waals surface area contributed by atoms with E-state index in [9.17, 15) is 14.7 Å². The van der Waals surface area contributed by atoms with Gasteiger partial charge < -0.3 is 24.7 Å². The Morgan fingerprint density at radius 3 is 2.76 bits per heavy atom. The van der Waals surface area contributed by atoms with Crippen LogP contribution in [0.3, 0.4) is 0 Å². The summed E-state index contributed by atoms with van der Waals surface area (Å²) in [4.78, 5) is 22.4. The molecule has 29 heavy (non-hydrogen) atoms. The third-order valence-corrected chi connectivity index (χ3v) is 5.00. The molecular formula is C20H18N3O5S-. The summed E-state index contributed by atoms with van der Waals surface area (Å²) in [5, 5.41) is 20.6. The van der Waals surface area contributed by atoms with Crippen LogP contribution in [0, 0.1) is 0 Å². The molecule has 9 heteroatoms. The van der Waals surface area contributed by atoms with Gasteiger partial charge in [-0.1, -0.05) is 48.2 Å². The summed E-state index contributed by atoms with van der Waals surface area (Å²) in [5.74, 6) is -0.656. The minimum atomic E-state index is -1.29. The number of para-hydroxylation sites is 1. The van der Waals surface area contributed by atoms with Gasteiger partial charge in [0.1, 0.15) is 6.61 Å². The zero-order valence-corrected chi connectivity index (χ0v) is 16.3. The molecule has 1 N–H and O–H groups in total. The van der Waals surface area contributed by atoms with Gasteiger partial charge in [0.2, 0.25) is 5.91 Å². The van der Waals surface area contributed by atoms with E-state index in [4.69, 9.17) is 9.47 Å².